The highest BCUT2D eigenvalue weighted by Crippen LogP contribution is 2.22. The molecule has 30 heavy (non-hydrogen) atoms. The monoisotopic (exact) mass is 408 g/mol. The molecule has 0 bridgehead atoms. The largest absolute Gasteiger partial charge is 0.508 e. The number of anilines is 1. The number of carbonyl (C=O) groups excluding carboxylic acids is 1. The van der Waals surface area contributed by atoms with Crippen LogP contribution in [0.4, 0.5) is 5.69 Å². The van der Waals surface area contributed by atoms with Gasteiger partial charge in [0, 0.05) is 17.8 Å². The van der Waals surface area contributed by atoms with Gasteiger partial charge in [-0.15, -0.1) is 0 Å². The molecular formula is C24H32N4O2. The van der Waals surface area contributed by atoms with Gasteiger partial charge in [0.05, 0.1) is 12.3 Å². The average molecular weight is 409 g/mol. The number of hydrazone groups is 1. The molecule has 6 heteroatoms. The van der Waals surface area contributed by atoms with Crippen molar-refractivity contribution in [1.82, 2.24) is 10.3 Å². The Labute approximate surface area is 179 Å². The number of hydrogen-bond donors (Lipinski definition) is 3. The molecule has 0 aromatic heterocycles. The zero-order valence-corrected chi connectivity index (χ0v) is 18.2. The van der Waals surface area contributed by atoms with E-state index in [0.29, 0.717) is 11.5 Å². The summed E-state index contributed by atoms with van der Waals surface area (Å²) in [5, 5.41) is 17.6. The molecule has 0 aliphatic carbocycles. The maximum absolute atomic E-state index is 12.2. The van der Waals surface area contributed by atoms with Crippen LogP contribution in [-0.4, -0.2) is 41.3 Å². The van der Waals surface area contributed by atoms with Crippen LogP contribution < -0.4 is 10.7 Å². The molecule has 0 saturated carbocycles. The fraction of sp³-hybridized carbons (Fsp3) is 0.417. The van der Waals surface area contributed by atoms with Crippen LogP contribution in [0.5, 0.6) is 5.75 Å². The SMILES string of the molecule is C/C(=N\NC(=O)CNc1ccc(C)cc1C)c1ccc(O)c(CN2CCCCC2)c1. The first-order valence-corrected chi connectivity index (χ1v) is 10.6. The van der Waals surface area contributed by atoms with Crippen LogP contribution in [0.2, 0.25) is 0 Å². The second-order valence-corrected chi connectivity index (χ2v) is 8.08. The summed E-state index contributed by atoms with van der Waals surface area (Å²) >= 11 is 0. The van der Waals surface area contributed by atoms with Crippen molar-refractivity contribution >= 4 is 17.3 Å². The number of carbonyl (C=O) groups is 1. The number of aromatic hydroxyl groups is 1. The lowest BCUT2D eigenvalue weighted by atomic mass is 10.0. The Hall–Kier alpha value is -2.86. The van der Waals surface area contributed by atoms with E-state index in [0.717, 1.165) is 42.0 Å². The van der Waals surface area contributed by atoms with Gasteiger partial charge >= 0.3 is 0 Å². The minimum Gasteiger partial charge on any atom is -0.508 e. The molecule has 1 saturated heterocycles. The second kappa shape index (κ2) is 10.3. The van der Waals surface area contributed by atoms with E-state index in [4.69, 9.17) is 0 Å². The Kier molecular flexibility index (Phi) is 7.46. The molecular weight excluding hydrogens is 376 g/mol. The van der Waals surface area contributed by atoms with Gasteiger partial charge in [0.1, 0.15) is 5.75 Å². The number of piperidine rings is 1. The number of aryl methyl sites for hydroxylation is 2. The predicted molar refractivity (Wildman–Crippen MR) is 122 cm³/mol. The van der Waals surface area contributed by atoms with Crippen LogP contribution in [0.3, 0.4) is 0 Å². The van der Waals surface area contributed by atoms with E-state index in [1.807, 2.05) is 45.0 Å². The molecule has 0 unspecified atom stereocenters. The summed E-state index contributed by atoms with van der Waals surface area (Å²) in [6.07, 6.45) is 3.71. The fourth-order valence-corrected chi connectivity index (χ4v) is 3.73. The number of hydrogen-bond acceptors (Lipinski definition) is 5. The molecule has 1 amide bonds. The van der Waals surface area contributed by atoms with Crippen molar-refractivity contribution in [3.05, 3.63) is 58.7 Å². The fourth-order valence-electron chi connectivity index (χ4n) is 3.73. The number of amides is 1. The van der Waals surface area contributed by atoms with Crippen molar-refractivity contribution in [2.75, 3.05) is 25.0 Å². The highest BCUT2D eigenvalue weighted by atomic mass is 16.3. The maximum atomic E-state index is 12.2. The molecule has 1 fully saturated rings. The van der Waals surface area contributed by atoms with Crippen LogP contribution >= 0.6 is 0 Å². The summed E-state index contributed by atoms with van der Waals surface area (Å²) in [7, 11) is 0. The van der Waals surface area contributed by atoms with E-state index in [-0.39, 0.29) is 12.5 Å². The standard InChI is InChI=1S/C24H32N4O2/c1-17-7-9-22(18(2)13-17)25-15-24(30)27-26-19(3)20-8-10-23(29)21(14-20)16-28-11-5-4-6-12-28/h7-10,13-14,25,29H,4-6,11-12,15-16H2,1-3H3,(H,27,30)/b26-19+. The molecule has 2 aromatic rings. The van der Waals surface area contributed by atoms with Crippen molar-refractivity contribution in [2.45, 2.75) is 46.6 Å². The molecule has 160 valence electrons. The molecule has 0 spiro atoms. The summed E-state index contributed by atoms with van der Waals surface area (Å²) in [4.78, 5) is 14.6. The van der Waals surface area contributed by atoms with Gasteiger partial charge in [0.2, 0.25) is 0 Å². The first-order chi connectivity index (χ1) is 14.4. The van der Waals surface area contributed by atoms with Gasteiger partial charge in [-0.25, -0.2) is 5.43 Å². The van der Waals surface area contributed by atoms with E-state index in [2.05, 4.69) is 26.8 Å². The minimum absolute atomic E-state index is 0.149. The molecule has 3 N–H and O–H groups in total. The third-order valence-corrected chi connectivity index (χ3v) is 5.51. The third-order valence-electron chi connectivity index (χ3n) is 5.51. The topological polar surface area (TPSA) is 77.0 Å². The Morgan fingerprint density at radius 3 is 2.60 bits per heavy atom. The minimum atomic E-state index is -0.207. The highest BCUT2D eigenvalue weighted by Gasteiger charge is 2.13. The van der Waals surface area contributed by atoms with Crippen LogP contribution in [0, 0.1) is 13.8 Å². The quantitative estimate of drug-likeness (QED) is 0.479. The van der Waals surface area contributed by atoms with Gasteiger partial charge < -0.3 is 10.4 Å². The highest BCUT2D eigenvalue weighted by molar-refractivity contribution is 5.99. The van der Waals surface area contributed by atoms with Crippen molar-refractivity contribution < 1.29 is 9.90 Å². The third kappa shape index (κ3) is 6.07. The molecule has 1 aliphatic rings. The number of phenols is 1. The summed E-state index contributed by atoms with van der Waals surface area (Å²) in [6, 6.07) is 11.6. The normalized spacial score (nSPS) is 15.1. The van der Waals surface area contributed by atoms with Crippen molar-refractivity contribution in [1.29, 1.82) is 0 Å². The van der Waals surface area contributed by atoms with Crippen LogP contribution in [0.25, 0.3) is 0 Å². The molecule has 1 heterocycles. The van der Waals surface area contributed by atoms with E-state index in [1.165, 1.54) is 24.8 Å². The van der Waals surface area contributed by atoms with Gasteiger partial charge in [-0.2, -0.15) is 5.10 Å². The van der Waals surface area contributed by atoms with Crippen molar-refractivity contribution in [3.63, 3.8) is 0 Å². The van der Waals surface area contributed by atoms with Crippen LogP contribution in [0.1, 0.15) is 48.4 Å². The van der Waals surface area contributed by atoms with Gasteiger partial charge in [0.25, 0.3) is 5.91 Å². The Bertz CT molecular complexity index is 917. The summed E-state index contributed by atoms with van der Waals surface area (Å²) < 4.78 is 0. The summed E-state index contributed by atoms with van der Waals surface area (Å²) in [5.74, 6) is 0.0977. The van der Waals surface area contributed by atoms with Gasteiger partial charge in [-0.1, -0.05) is 24.1 Å². The maximum Gasteiger partial charge on any atom is 0.259 e. The lowest BCUT2D eigenvalue weighted by Crippen LogP contribution is -2.29. The smallest absolute Gasteiger partial charge is 0.259 e. The first kappa shape index (κ1) is 21.8. The number of benzene rings is 2. The van der Waals surface area contributed by atoms with Crippen molar-refractivity contribution in [2.24, 2.45) is 5.10 Å². The van der Waals surface area contributed by atoms with E-state index >= 15 is 0 Å². The Morgan fingerprint density at radius 2 is 1.87 bits per heavy atom. The van der Waals surface area contributed by atoms with Crippen LogP contribution in [-0.2, 0) is 11.3 Å². The molecule has 0 atom stereocenters. The van der Waals surface area contributed by atoms with Gasteiger partial charge in [-0.05, 0) is 82.1 Å². The van der Waals surface area contributed by atoms with Crippen LogP contribution in [0.15, 0.2) is 41.5 Å². The van der Waals surface area contributed by atoms with Crippen molar-refractivity contribution in [3.8, 4) is 5.75 Å². The molecule has 3 rings (SSSR count). The van der Waals surface area contributed by atoms with Gasteiger partial charge in [0.15, 0.2) is 0 Å². The number of rotatable bonds is 7. The number of nitrogens with one attached hydrogen (secondary N) is 2. The second-order valence-electron chi connectivity index (χ2n) is 8.08. The van der Waals surface area contributed by atoms with Gasteiger partial charge in [-0.3, -0.25) is 9.69 Å². The number of likely N-dealkylation sites (tertiary alicyclic amines) is 1. The summed E-state index contributed by atoms with van der Waals surface area (Å²) in [6.45, 7) is 8.94. The predicted octanol–water partition coefficient (Wildman–Crippen LogP) is 3.95. The lowest BCUT2D eigenvalue weighted by molar-refractivity contribution is -0.119. The molecule has 0 radical (unpaired) electrons. The average Bonchev–Trinajstić information content (AvgIpc) is 2.73. The Morgan fingerprint density at radius 1 is 1.10 bits per heavy atom. The lowest BCUT2D eigenvalue weighted by Gasteiger charge is -2.26. The zero-order valence-electron chi connectivity index (χ0n) is 18.2. The van der Waals surface area contributed by atoms with E-state index in [9.17, 15) is 9.90 Å². The Balaban J connectivity index is 1.57. The molecule has 2 aromatic carbocycles. The molecule has 1 aliphatic heterocycles. The molecule has 6 nitrogen and oxygen atoms in total. The number of phenolic OH excluding ortho intramolecular Hbond substituents is 1. The first-order valence-electron chi connectivity index (χ1n) is 10.6. The van der Waals surface area contributed by atoms with E-state index in [1.54, 1.807) is 6.07 Å². The summed E-state index contributed by atoms with van der Waals surface area (Å²) in [5.41, 5.74) is 8.34. The van der Waals surface area contributed by atoms with E-state index < -0.39 is 0 Å². The zero-order chi connectivity index (χ0) is 21.5. The number of nitrogens with zero attached hydrogens (tertiary/aromatic N) is 2.